The standard InChI is InChI=1S/C21H18ClN3O5/c1-21(17-9-12-5-3-4-6-15(12)30-17)19(27)25(20(28)24-21)11-18(26)23-13-7-8-16(29-2)14(22)10-13/h3-10H,11H2,1-2H3,(H,23,26)(H,24,28)/t21-/m0/s1. The van der Waals surface area contributed by atoms with E-state index in [1.54, 1.807) is 31.2 Å². The van der Waals surface area contributed by atoms with Crippen LogP contribution >= 0.6 is 11.6 Å². The molecule has 1 aliphatic rings. The normalized spacial score (nSPS) is 18.6. The maximum absolute atomic E-state index is 13.0. The fourth-order valence-corrected chi connectivity index (χ4v) is 3.58. The number of para-hydroxylation sites is 1. The molecule has 3 aromatic rings. The molecule has 8 nitrogen and oxygen atoms in total. The Hall–Kier alpha value is -3.52. The molecule has 9 heteroatoms. The summed E-state index contributed by atoms with van der Waals surface area (Å²) in [5.74, 6) is -0.361. The van der Waals surface area contributed by atoms with Crippen molar-refractivity contribution in [2.45, 2.75) is 12.5 Å². The average molecular weight is 428 g/mol. The van der Waals surface area contributed by atoms with E-state index in [0.717, 1.165) is 10.3 Å². The van der Waals surface area contributed by atoms with Crippen LogP contribution in [0.25, 0.3) is 11.0 Å². The SMILES string of the molecule is COc1ccc(NC(=O)CN2C(=O)N[C@@](C)(c3cc4ccccc4o3)C2=O)cc1Cl. The van der Waals surface area contributed by atoms with Gasteiger partial charge < -0.3 is 19.8 Å². The highest BCUT2D eigenvalue weighted by Gasteiger charge is 2.51. The number of carbonyl (C=O) groups excluding carboxylic acids is 3. The van der Waals surface area contributed by atoms with Crippen LogP contribution in [0, 0.1) is 0 Å². The third-order valence-corrected chi connectivity index (χ3v) is 5.23. The number of methoxy groups -OCH3 is 1. The number of rotatable bonds is 5. The van der Waals surface area contributed by atoms with Crippen LogP contribution in [0.15, 0.2) is 52.9 Å². The number of ether oxygens (including phenoxy) is 1. The summed E-state index contributed by atoms with van der Waals surface area (Å²) in [4.78, 5) is 38.7. The van der Waals surface area contributed by atoms with Gasteiger partial charge in [-0.2, -0.15) is 0 Å². The Morgan fingerprint density at radius 2 is 2.00 bits per heavy atom. The Morgan fingerprint density at radius 1 is 1.23 bits per heavy atom. The van der Waals surface area contributed by atoms with Crippen LogP contribution < -0.4 is 15.4 Å². The lowest BCUT2D eigenvalue weighted by molar-refractivity contribution is -0.134. The predicted molar refractivity (Wildman–Crippen MR) is 110 cm³/mol. The van der Waals surface area contributed by atoms with Gasteiger partial charge in [-0.3, -0.25) is 14.5 Å². The van der Waals surface area contributed by atoms with Crippen molar-refractivity contribution in [3.63, 3.8) is 0 Å². The summed E-state index contributed by atoms with van der Waals surface area (Å²) in [5.41, 5.74) is -0.388. The molecule has 0 bridgehead atoms. The summed E-state index contributed by atoms with van der Waals surface area (Å²) < 4.78 is 10.8. The van der Waals surface area contributed by atoms with Crippen molar-refractivity contribution in [1.29, 1.82) is 0 Å². The molecule has 0 radical (unpaired) electrons. The van der Waals surface area contributed by atoms with E-state index in [0.29, 0.717) is 27.8 Å². The van der Waals surface area contributed by atoms with Crippen LogP contribution in [0.2, 0.25) is 5.02 Å². The highest BCUT2D eigenvalue weighted by molar-refractivity contribution is 6.32. The number of carbonyl (C=O) groups is 3. The molecule has 1 aliphatic heterocycles. The number of nitrogens with zero attached hydrogens (tertiary/aromatic N) is 1. The number of furan rings is 1. The van der Waals surface area contributed by atoms with Crippen molar-refractivity contribution in [2.75, 3.05) is 19.0 Å². The molecule has 1 atom stereocenters. The van der Waals surface area contributed by atoms with Gasteiger partial charge >= 0.3 is 6.03 Å². The molecule has 4 amide bonds. The lowest BCUT2D eigenvalue weighted by atomic mass is 9.99. The van der Waals surface area contributed by atoms with Crippen LogP contribution in [0.5, 0.6) is 5.75 Å². The Morgan fingerprint density at radius 3 is 2.70 bits per heavy atom. The van der Waals surface area contributed by atoms with Crippen molar-refractivity contribution in [2.24, 2.45) is 0 Å². The van der Waals surface area contributed by atoms with Gasteiger partial charge in [-0.15, -0.1) is 0 Å². The van der Waals surface area contributed by atoms with E-state index in [1.807, 2.05) is 18.2 Å². The van der Waals surface area contributed by atoms with Crippen molar-refractivity contribution in [3.8, 4) is 5.75 Å². The van der Waals surface area contributed by atoms with Gasteiger partial charge in [0.25, 0.3) is 5.91 Å². The lowest BCUT2D eigenvalue weighted by Crippen LogP contribution is -2.41. The fraction of sp³-hybridized carbons (Fsp3) is 0.190. The molecule has 0 aliphatic carbocycles. The number of urea groups is 1. The molecular formula is C21H18ClN3O5. The number of hydrogen-bond donors (Lipinski definition) is 2. The third-order valence-electron chi connectivity index (χ3n) is 4.93. The summed E-state index contributed by atoms with van der Waals surface area (Å²) >= 11 is 6.05. The zero-order valence-electron chi connectivity index (χ0n) is 16.2. The summed E-state index contributed by atoms with van der Waals surface area (Å²) in [6, 6.07) is 13.0. The van der Waals surface area contributed by atoms with Gasteiger partial charge in [0.1, 0.15) is 23.6 Å². The maximum atomic E-state index is 13.0. The average Bonchev–Trinajstić information content (AvgIpc) is 3.24. The van der Waals surface area contributed by atoms with Crippen LogP contribution in [-0.2, 0) is 15.1 Å². The van der Waals surface area contributed by atoms with E-state index in [-0.39, 0.29) is 0 Å². The van der Waals surface area contributed by atoms with Crippen molar-refractivity contribution in [1.82, 2.24) is 10.2 Å². The molecule has 4 rings (SSSR count). The molecule has 1 saturated heterocycles. The van der Waals surface area contributed by atoms with Gasteiger partial charge in [0.2, 0.25) is 5.91 Å². The van der Waals surface area contributed by atoms with Crippen molar-refractivity contribution < 1.29 is 23.5 Å². The molecule has 2 aromatic carbocycles. The van der Waals surface area contributed by atoms with E-state index in [1.165, 1.54) is 13.2 Å². The van der Waals surface area contributed by atoms with Crippen molar-refractivity contribution >= 4 is 46.1 Å². The molecule has 2 N–H and O–H groups in total. The summed E-state index contributed by atoms with van der Waals surface area (Å²) in [7, 11) is 1.48. The first-order valence-electron chi connectivity index (χ1n) is 9.08. The molecule has 0 saturated carbocycles. The van der Waals surface area contributed by atoms with Gasteiger partial charge in [-0.25, -0.2) is 4.79 Å². The monoisotopic (exact) mass is 427 g/mol. The smallest absolute Gasteiger partial charge is 0.325 e. The van der Waals surface area contributed by atoms with E-state index in [2.05, 4.69) is 10.6 Å². The number of benzene rings is 2. The summed E-state index contributed by atoms with van der Waals surface area (Å²) in [6.45, 7) is 1.09. The minimum absolute atomic E-state index is 0.298. The molecular weight excluding hydrogens is 410 g/mol. The van der Waals surface area contributed by atoms with Crippen LogP contribution in [-0.4, -0.2) is 36.4 Å². The topological polar surface area (TPSA) is 101 Å². The Balaban J connectivity index is 1.51. The largest absolute Gasteiger partial charge is 0.495 e. The molecule has 154 valence electrons. The van der Waals surface area contributed by atoms with Crippen molar-refractivity contribution in [3.05, 3.63) is 59.3 Å². The van der Waals surface area contributed by atoms with Gasteiger partial charge in [0.05, 0.1) is 12.1 Å². The summed E-state index contributed by atoms with van der Waals surface area (Å²) in [5, 5.41) is 6.37. The molecule has 30 heavy (non-hydrogen) atoms. The molecule has 1 fully saturated rings. The third kappa shape index (κ3) is 3.35. The summed E-state index contributed by atoms with van der Waals surface area (Å²) in [6.07, 6.45) is 0. The Kier molecular flexibility index (Phi) is 4.87. The Labute approximate surface area is 176 Å². The lowest BCUT2D eigenvalue weighted by Gasteiger charge is -2.19. The predicted octanol–water partition coefficient (Wildman–Crippen LogP) is 3.50. The second kappa shape index (κ2) is 7.38. The minimum atomic E-state index is -1.40. The number of hydrogen-bond acceptors (Lipinski definition) is 5. The second-order valence-electron chi connectivity index (χ2n) is 6.99. The van der Waals surface area contributed by atoms with Crippen LogP contribution in [0.4, 0.5) is 10.5 Å². The van der Waals surface area contributed by atoms with Gasteiger partial charge in [-0.05, 0) is 37.3 Å². The van der Waals surface area contributed by atoms with E-state index >= 15 is 0 Å². The first-order chi connectivity index (χ1) is 14.3. The number of fused-ring (bicyclic) bond motifs is 1. The first-order valence-corrected chi connectivity index (χ1v) is 9.46. The fourth-order valence-electron chi connectivity index (χ4n) is 3.32. The maximum Gasteiger partial charge on any atom is 0.325 e. The zero-order valence-corrected chi connectivity index (χ0v) is 16.9. The quantitative estimate of drug-likeness (QED) is 0.607. The van der Waals surface area contributed by atoms with Crippen LogP contribution in [0.1, 0.15) is 12.7 Å². The highest BCUT2D eigenvalue weighted by Crippen LogP contribution is 2.33. The number of amides is 4. The number of nitrogens with one attached hydrogen (secondary N) is 2. The number of anilines is 1. The van der Waals surface area contributed by atoms with E-state index in [4.69, 9.17) is 20.8 Å². The highest BCUT2D eigenvalue weighted by atomic mass is 35.5. The van der Waals surface area contributed by atoms with Gasteiger partial charge in [0.15, 0.2) is 5.54 Å². The minimum Gasteiger partial charge on any atom is -0.495 e. The second-order valence-corrected chi connectivity index (χ2v) is 7.40. The van der Waals surface area contributed by atoms with Gasteiger partial charge in [-0.1, -0.05) is 29.8 Å². The van der Waals surface area contributed by atoms with E-state index < -0.39 is 29.9 Å². The first kappa shape index (κ1) is 19.8. The number of imide groups is 1. The van der Waals surface area contributed by atoms with Crippen LogP contribution in [0.3, 0.4) is 0 Å². The molecule has 0 spiro atoms. The zero-order chi connectivity index (χ0) is 21.5. The molecule has 1 aromatic heterocycles. The number of halogens is 1. The van der Waals surface area contributed by atoms with E-state index in [9.17, 15) is 14.4 Å². The molecule has 0 unspecified atom stereocenters. The molecule has 2 heterocycles. The Bertz CT molecular complexity index is 1140. The van der Waals surface area contributed by atoms with Gasteiger partial charge in [0, 0.05) is 11.1 Å².